The van der Waals surface area contributed by atoms with Crippen LogP contribution in [-0.2, 0) is 6.42 Å². The highest BCUT2D eigenvalue weighted by Crippen LogP contribution is 2.23. The summed E-state index contributed by atoms with van der Waals surface area (Å²) in [5.41, 5.74) is 8.13. The van der Waals surface area contributed by atoms with Crippen LogP contribution in [0.2, 0.25) is 0 Å². The summed E-state index contributed by atoms with van der Waals surface area (Å²) in [5.74, 6) is 1.72. The lowest BCUT2D eigenvalue weighted by Gasteiger charge is -2.30. The Bertz CT molecular complexity index is 411. The maximum absolute atomic E-state index is 6.05. The van der Waals surface area contributed by atoms with E-state index in [0.29, 0.717) is 0 Å². The summed E-state index contributed by atoms with van der Waals surface area (Å²) in [5, 5.41) is 0. The lowest BCUT2D eigenvalue weighted by Crippen LogP contribution is -2.34. The van der Waals surface area contributed by atoms with E-state index in [-0.39, 0.29) is 0 Å². The Balaban J connectivity index is 1.82. The zero-order valence-electron chi connectivity index (χ0n) is 12.9. The van der Waals surface area contributed by atoms with Crippen LogP contribution in [0.15, 0.2) is 18.2 Å². The number of rotatable bonds is 6. The molecular weight excluding hydrogens is 248 g/mol. The third-order valence-electron chi connectivity index (χ3n) is 4.13. The van der Waals surface area contributed by atoms with Crippen LogP contribution in [0.4, 0.5) is 5.69 Å². The van der Waals surface area contributed by atoms with Crippen LogP contribution in [0, 0.1) is 5.92 Å². The largest absolute Gasteiger partial charge is 0.491 e. The molecule has 0 unspecified atom stereocenters. The summed E-state index contributed by atoms with van der Waals surface area (Å²) < 4.78 is 5.61. The van der Waals surface area contributed by atoms with Gasteiger partial charge in [-0.1, -0.05) is 19.9 Å². The van der Waals surface area contributed by atoms with Gasteiger partial charge in [-0.25, -0.2) is 0 Å². The Morgan fingerprint density at radius 2 is 2.05 bits per heavy atom. The first-order chi connectivity index (χ1) is 9.69. The Morgan fingerprint density at radius 1 is 1.30 bits per heavy atom. The van der Waals surface area contributed by atoms with Crippen molar-refractivity contribution in [3.63, 3.8) is 0 Å². The smallest absolute Gasteiger partial charge is 0.142 e. The van der Waals surface area contributed by atoms with Gasteiger partial charge in [-0.05, 0) is 62.4 Å². The van der Waals surface area contributed by atoms with Crippen LogP contribution >= 0.6 is 0 Å². The molecule has 1 aliphatic rings. The molecule has 1 saturated heterocycles. The van der Waals surface area contributed by atoms with E-state index in [9.17, 15) is 0 Å². The quantitative estimate of drug-likeness (QED) is 0.810. The van der Waals surface area contributed by atoms with Crippen LogP contribution in [0.3, 0.4) is 0 Å². The predicted octanol–water partition coefficient (Wildman–Crippen LogP) is 3.33. The van der Waals surface area contributed by atoms with E-state index in [4.69, 9.17) is 10.5 Å². The number of nitrogen functional groups attached to an aromatic ring is 1. The fourth-order valence-electron chi connectivity index (χ4n) is 2.67. The van der Waals surface area contributed by atoms with Gasteiger partial charge in [-0.2, -0.15) is 0 Å². The van der Waals surface area contributed by atoms with Gasteiger partial charge >= 0.3 is 0 Å². The first kappa shape index (κ1) is 15.2. The van der Waals surface area contributed by atoms with Gasteiger partial charge < -0.3 is 15.4 Å². The average Bonchev–Trinajstić information content (AvgIpc) is 2.46. The summed E-state index contributed by atoms with van der Waals surface area (Å²) in [6.45, 7) is 8.82. The molecule has 1 heterocycles. The van der Waals surface area contributed by atoms with Crippen molar-refractivity contribution in [2.75, 3.05) is 32.0 Å². The van der Waals surface area contributed by atoms with Crippen LogP contribution < -0.4 is 10.5 Å². The van der Waals surface area contributed by atoms with E-state index in [0.717, 1.165) is 43.3 Å². The number of ether oxygens (including phenoxy) is 1. The minimum absolute atomic E-state index is 0.732. The van der Waals surface area contributed by atoms with Crippen molar-refractivity contribution in [3.8, 4) is 5.75 Å². The number of hydrogen-bond acceptors (Lipinski definition) is 3. The lowest BCUT2D eigenvalue weighted by atomic mass is 9.99. The van der Waals surface area contributed by atoms with Crippen molar-refractivity contribution in [1.29, 1.82) is 0 Å². The van der Waals surface area contributed by atoms with Gasteiger partial charge in [0, 0.05) is 6.54 Å². The molecule has 3 nitrogen and oxygen atoms in total. The number of nitrogens with zero attached hydrogens (tertiary/aromatic N) is 1. The van der Waals surface area contributed by atoms with Crippen molar-refractivity contribution in [2.24, 2.45) is 5.92 Å². The third-order valence-corrected chi connectivity index (χ3v) is 4.13. The standard InChI is InChI=1S/C17H28N2O/c1-3-12-20-17-5-4-15(13-16(17)18)8-11-19-9-6-14(2)7-10-19/h4-5,13-14H,3,6-12,18H2,1-2H3. The number of benzene rings is 1. The van der Waals surface area contributed by atoms with Crippen molar-refractivity contribution < 1.29 is 4.74 Å². The molecule has 0 radical (unpaired) electrons. The number of piperidine rings is 1. The van der Waals surface area contributed by atoms with Crippen LogP contribution in [0.5, 0.6) is 5.75 Å². The Morgan fingerprint density at radius 3 is 2.70 bits per heavy atom. The first-order valence-corrected chi connectivity index (χ1v) is 7.92. The molecule has 0 saturated carbocycles. The molecule has 2 N–H and O–H groups in total. The van der Waals surface area contributed by atoms with Gasteiger partial charge in [-0.15, -0.1) is 0 Å². The maximum atomic E-state index is 6.05. The Hall–Kier alpha value is -1.22. The SMILES string of the molecule is CCCOc1ccc(CCN2CCC(C)CC2)cc1N. The maximum Gasteiger partial charge on any atom is 0.142 e. The number of nitrogens with two attached hydrogens (primary N) is 1. The highest BCUT2D eigenvalue weighted by atomic mass is 16.5. The minimum Gasteiger partial charge on any atom is -0.491 e. The third kappa shape index (κ3) is 4.41. The molecule has 0 bridgehead atoms. The first-order valence-electron chi connectivity index (χ1n) is 7.92. The fraction of sp³-hybridized carbons (Fsp3) is 0.647. The zero-order valence-corrected chi connectivity index (χ0v) is 12.9. The number of likely N-dealkylation sites (tertiary alicyclic amines) is 1. The van der Waals surface area contributed by atoms with E-state index in [1.54, 1.807) is 0 Å². The van der Waals surface area contributed by atoms with Gasteiger partial charge in [0.2, 0.25) is 0 Å². The lowest BCUT2D eigenvalue weighted by molar-refractivity contribution is 0.194. The summed E-state index contributed by atoms with van der Waals surface area (Å²) in [6.07, 6.45) is 4.76. The molecule has 112 valence electrons. The molecule has 2 rings (SSSR count). The number of hydrogen-bond donors (Lipinski definition) is 1. The molecule has 0 aliphatic carbocycles. The molecule has 0 atom stereocenters. The predicted molar refractivity (Wildman–Crippen MR) is 85.2 cm³/mol. The molecule has 0 aromatic heterocycles. The minimum atomic E-state index is 0.732. The zero-order chi connectivity index (χ0) is 14.4. The molecule has 1 aliphatic heterocycles. The topological polar surface area (TPSA) is 38.5 Å². The number of anilines is 1. The van der Waals surface area contributed by atoms with E-state index in [1.165, 1.54) is 31.5 Å². The average molecular weight is 276 g/mol. The normalized spacial score (nSPS) is 17.3. The van der Waals surface area contributed by atoms with E-state index in [2.05, 4.69) is 30.9 Å². The van der Waals surface area contributed by atoms with Crippen molar-refractivity contribution in [3.05, 3.63) is 23.8 Å². The Labute approximate surface area is 123 Å². The molecule has 1 fully saturated rings. The summed E-state index contributed by atoms with van der Waals surface area (Å²) in [4.78, 5) is 2.57. The molecule has 0 spiro atoms. The van der Waals surface area contributed by atoms with Gasteiger partial charge in [0.25, 0.3) is 0 Å². The van der Waals surface area contributed by atoms with Crippen molar-refractivity contribution >= 4 is 5.69 Å². The second-order valence-corrected chi connectivity index (χ2v) is 5.99. The summed E-state index contributed by atoms with van der Waals surface area (Å²) in [7, 11) is 0. The van der Waals surface area contributed by atoms with Gasteiger partial charge in [-0.3, -0.25) is 0 Å². The molecular formula is C17H28N2O. The molecule has 20 heavy (non-hydrogen) atoms. The van der Waals surface area contributed by atoms with Crippen LogP contribution in [0.1, 0.15) is 38.7 Å². The van der Waals surface area contributed by atoms with E-state index in [1.807, 2.05) is 6.07 Å². The van der Waals surface area contributed by atoms with Gasteiger partial charge in [0.1, 0.15) is 5.75 Å². The molecule has 0 amide bonds. The summed E-state index contributed by atoms with van der Waals surface area (Å²) >= 11 is 0. The molecule has 1 aromatic carbocycles. The Kier molecular flexibility index (Phi) is 5.72. The fourth-order valence-corrected chi connectivity index (χ4v) is 2.67. The van der Waals surface area contributed by atoms with Gasteiger partial charge in [0.05, 0.1) is 12.3 Å². The molecule has 1 aromatic rings. The van der Waals surface area contributed by atoms with Crippen molar-refractivity contribution in [1.82, 2.24) is 4.90 Å². The van der Waals surface area contributed by atoms with Crippen molar-refractivity contribution in [2.45, 2.75) is 39.5 Å². The van der Waals surface area contributed by atoms with E-state index < -0.39 is 0 Å². The molecule has 3 heteroatoms. The second-order valence-electron chi connectivity index (χ2n) is 5.99. The second kappa shape index (κ2) is 7.53. The summed E-state index contributed by atoms with van der Waals surface area (Å²) in [6, 6.07) is 6.23. The highest BCUT2D eigenvalue weighted by Gasteiger charge is 2.15. The van der Waals surface area contributed by atoms with E-state index >= 15 is 0 Å². The van der Waals surface area contributed by atoms with Crippen LogP contribution in [-0.4, -0.2) is 31.1 Å². The monoisotopic (exact) mass is 276 g/mol. The highest BCUT2D eigenvalue weighted by molar-refractivity contribution is 5.54. The van der Waals surface area contributed by atoms with Gasteiger partial charge in [0.15, 0.2) is 0 Å². The van der Waals surface area contributed by atoms with Crippen LogP contribution in [0.25, 0.3) is 0 Å².